The minimum Gasteiger partial charge on any atom is -0.316 e. The molecule has 1 aromatic rings. The summed E-state index contributed by atoms with van der Waals surface area (Å²) >= 11 is 9.46. The van der Waals surface area contributed by atoms with Crippen molar-refractivity contribution >= 4 is 24.2 Å². The van der Waals surface area contributed by atoms with Gasteiger partial charge in [0.2, 0.25) is 0 Å². The highest BCUT2D eigenvalue weighted by atomic mass is 35.5. The van der Waals surface area contributed by atoms with E-state index in [-0.39, 0.29) is 5.02 Å². The summed E-state index contributed by atoms with van der Waals surface area (Å²) in [7, 11) is 0. The van der Waals surface area contributed by atoms with E-state index < -0.39 is 11.2 Å². The first-order valence-electron chi connectivity index (χ1n) is 3.00. The van der Waals surface area contributed by atoms with Gasteiger partial charge < -0.3 is 5.73 Å². The fraction of sp³-hybridized carbons (Fsp3) is 0.143. The second-order valence-corrected chi connectivity index (χ2v) is 3.08. The lowest BCUT2D eigenvalue weighted by Crippen LogP contribution is -2.01. The SMILES string of the molecule is NC(S)c1ccc(F)c(Cl)c1. The number of rotatable bonds is 1. The molecule has 60 valence electrons. The Morgan fingerprint density at radius 1 is 1.55 bits per heavy atom. The monoisotopic (exact) mass is 191 g/mol. The molecule has 11 heavy (non-hydrogen) atoms. The molecule has 1 rings (SSSR count). The van der Waals surface area contributed by atoms with Gasteiger partial charge in [-0.05, 0) is 17.7 Å². The fourth-order valence-electron chi connectivity index (χ4n) is 0.696. The van der Waals surface area contributed by atoms with Gasteiger partial charge in [0, 0.05) is 0 Å². The van der Waals surface area contributed by atoms with E-state index in [1.165, 1.54) is 12.1 Å². The normalized spacial score (nSPS) is 13.1. The van der Waals surface area contributed by atoms with E-state index in [1.54, 1.807) is 6.07 Å². The second-order valence-electron chi connectivity index (χ2n) is 2.12. The van der Waals surface area contributed by atoms with Crippen LogP contribution in [-0.2, 0) is 0 Å². The minimum absolute atomic E-state index is 0.0759. The second kappa shape index (κ2) is 3.43. The average molecular weight is 192 g/mol. The van der Waals surface area contributed by atoms with Crippen LogP contribution in [-0.4, -0.2) is 0 Å². The van der Waals surface area contributed by atoms with Crippen LogP contribution in [0.25, 0.3) is 0 Å². The van der Waals surface area contributed by atoms with E-state index in [4.69, 9.17) is 17.3 Å². The predicted octanol–water partition coefficient (Wildman–Crippen LogP) is 2.37. The molecular formula is C7H7ClFNS. The predicted molar refractivity (Wildman–Crippen MR) is 47.3 cm³/mol. The Morgan fingerprint density at radius 3 is 2.64 bits per heavy atom. The number of thiol groups is 1. The van der Waals surface area contributed by atoms with Crippen molar-refractivity contribution in [2.45, 2.75) is 5.37 Å². The summed E-state index contributed by atoms with van der Waals surface area (Å²) in [5, 5.41) is -0.333. The van der Waals surface area contributed by atoms with Crippen molar-refractivity contribution < 1.29 is 4.39 Å². The summed E-state index contributed by atoms with van der Waals surface area (Å²) in [6.07, 6.45) is 0. The molecule has 0 spiro atoms. The molecule has 1 nitrogen and oxygen atoms in total. The summed E-state index contributed by atoms with van der Waals surface area (Å²) in [6.45, 7) is 0. The Balaban J connectivity index is 3.05. The maximum absolute atomic E-state index is 12.6. The fourth-order valence-corrected chi connectivity index (χ4v) is 1.05. The highest BCUT2D eigenvalue weighted by Crippen LogP contribution is 2.20. The van der Waals surface area contributed by atoms with Crippen molar-refractivity contribution in [2.24, 2.45) is 5.73 Å². The number of halogens is 2. The van der Waals surface area contributed by atoms with Gasteiger partial charge in [0.25, 0.3) is 0 Å². The molecule has 1 unspecified atom stereocenters. The lowest BCUT2D eigenvalue weighted by Gasteiger charge is -2.04. The van der Waals surface area contributed by atoms with E-state index in [0.29, 0.717) is 5.56 Å². The van der Waals surface area contributed by atoms with Crippen molar-refractivity contribution in [3.05, 3.63) is 34.6 Å². The first-order valence-corrected chi connectivity index (χ1v) is 3.89. The number of hydrogen-bond donors (Lipinski definition) is 2. The summed E-state index contributed by atoms with van der Waals surface area (Å²) < 4.78 is 12.6. The van der Waals surface area contributed by atoms with Crippen LogP contribution in [0.1, 0.15) is 10.9 Å². The van der Waals surface area contributed by atoms with Crippen LogP contribution in [0, 0.1) is 5.82 Å². The van der Waals surface area contributed by atoms with Crippen LogP contribution in [0.5, 0.6) is 0 Å². The average Bonchev–Trinajstić information content (AvgIpc) is 1.94. The molecule has 0 saturated carbocycles. The molecule has 2 N–H and O–H groups in total. The van der Waals surface area contributed by atoms with E-state index in [2.05, 4.69) is 12.6 Å². The van der Waals surface area contributed by atoms with E-state index in [1.807, 2.05) is 0 Å². The minimum atomic E-state index is -0.440. The van der Waals surface area contributed by atoms with E-state index >= 15 is 0 Å². The number of hydrogen-bond acceptors (Lipinski definition) is 2. The zero-order valence-electron chi connectivity index (χ0n) is 5.59. The summed E-state index contributed by atoms with van der Waals surface area (Å²) in [5.74, 6) is -0.440. The topological polar surface area (TPSA) is 26.0 Å². The summed E-state index contributed by atoms with van der Waals surface area (Å²) in [5.41, 5.74) is 6.12. The lowest BCUT2D eigenvalue weighted by molar-refractivity contribution is 0.627. The third kappa shape index (κ3) is 2.09. The molecule has 4 heteroatoms. The summed E-state index contributed by atoms with van der Waals surface area (Å²) in [4.78, 5) is 0. The van der Waals surface area contributed by atoms with Crippen molar-refractivity contribution in [3.63, 3.8) is 0 Å². The van der Waals surface area contributed by atoms with Gasteiger partial charge in [-0.1, -0.05) is 17.7 Å². The maximum atomic E-state index is 12.6. The van der Waals surface area contributed by atoms with Gasteiger partial charge >= 0.3 is 0 Å². The third-order valence-electron chi connectivity index (χ3n) is 1.29. The molecule has 0 fully saturated rings. The molecule has 0 radical (unpaired) electrons. The number of benzene rings is 1. The van der Waals surface area contributed by atoms with Gasteiger partial charge in [-0.3, -0.25) is 0 Å². The van der Waals surface area contributed by atoms with Crippen LogP contribution in [0.15, 0.2) is 18.2 Å². The molecule has 0 bridgehead atoms. The zero-order chi connectivity index (χ0) is 8.43. The molecule has 0 saturated heterocycles. The van der Waals surface area contributed by atoms with Gasteiger partial charge in [0.1, 0.15) is 5.82 Å². The van der Waals surface area contributed by atoms with E-state index in [0.717, 1.165) is 0 Å². The molecule has 0 aliphatic carbocycles. The Kier molecular flexibility index (Phi) is 2.76. The van der Waals surface area contributed by atoms with Gasteiger partial charge in [0.05, 0.1) is 10.4 Å². The van der Waals surface area contributed by atoms with Gasteiger partial charge in [0.15, 0.2) is 0 Å². The Labute approximate surface area is 74.8 Å². The van der Waals surface area contributed by atoms with Crippen LogP contribution in [0.2, 0.25) is 5.02 Å². The molecule has 0 heterocycles. The largest absolute Gasteiger partial charge is 0.316 e. The molecule has 0 aliphatic heterocycles. The van der Waals surface area contributed by atoms with Crippen molar-refractivity contribution in [1.82, 2.24) is 0 Å². The smallest absolute Gasteiger partial charge is 0.141 e. The molecule has 0 aromatic heterocycles. The van der Waals surface area contributed by atoms with Crippen LogP contribution >= 0.6 is 24.2 Å². The molecule has 0 aliphatic rings. The summed E-state index contributed by atoms with van der Waals surface area (Å²) in [6, 6.07) is 4.29. The van der Waals surface area contributed by atoms with Gasteiger partial charge in [-0.2, -0.15) is 12.6 Å². The number of nitrogens with two attached hydrogens (primary N) is 1. The molecule has 0 amide bonds. The zero-order valence-corrected chi connectivity index (χ0v) is 7.24. The van der Waals surface area contributed by atoms with Crippen LogP contribution < -0.4 is 5.73 Å². The van der Waals surface area contributed by atoms with Crippen molar-refractivity contribution in [1.29, 1.82) is 0 Å². The highest BCUT2D eigenvalue weighted by molar-refractivity contribution is 7.80. The molecule has 1 atom stereocenters. The van der Waals surface area contributed by atoms with Crippen LogP contribution in [0.4, 0.5) is 4.39 Å². The standard InChI is InChI=1S/C7H7ClFNS/c8-5-3-4(7(10)11)1-2-6(5)9/h1-3,7,11H,10H2. The quantitative estimate of drug-likeness (QED) is 0.517. The maximum Gasteiger partial charge on any atom is 0.141 e. The van der Waals surface area contributed by atoms with E-state index in [9.17, 15) is 4.39 Å². The van der Waals surface area contributed by atoms with Crippen LogP contribution in [0.3, 0.4) is 0 Å². The highest BCUT2D eigenvalue weighted by Gasteiger charge is 2.03. The van der Waals surface area contributed by atoms with Crippen molar-refractivity contribution in [3.8, 4) is 0 Å². The van der Waals surface area contributed by atoms with Gasteiger partial charge in [-0.15, -0.1) is 0 Å². The Hall–Kier alpha value is -0.250. The Bertz CT molecular complexity index is 265. The lowest BCUT2D eigenvalue weighted by atomic mass is 10.2. The first kappa shape index (κ1) is 8.84. The molecular weight excluding hydrogens is 185 g/mol. The van der Waals surface area contributed by atoms with Crippen molar-refractivity contribution in [2.75, 3.05) is 0 Å². The molecule has 1 aromatic carbocycles. The third-order valence-corrected chi connectivity index (χ3v) is 1.87. The van der Waals surface area contributed by atoms with Gasteiger partial charge in [-0.25, -0.2) is 4.39 Å². The first-order chi connectivity index (χ1) is 5.11. The Morgan fingerprint density at radius 2 is 2.18 bits per heavy atom.